The molecule has 0 unspecified atom stereocenters. The van der Waals surface area contributed by atoms with E-state index in [1.54, 1.807) is 0 Å². The van der Waals surface area contributed by atoms with E-state index < -0.39 is 5.97 Å². The van der Waals surface area contributed by atoms with Crippen molar-refractivity contribution in [3.05, 3.63) is 23.4 Å². The molecule has 20 heavy (non-hydrogen) atoms. The summed E-state index contributed by atoms with van der Waals surface area (Å²) in [6, 6.07) is 5.85. The summed E-state index contributed by atoms with van der Waals surface area (Å²) in [7, 11) is 0. The molecule has 1 saturated heterocycles. The minimum Gasteiger partial charge on any atom is -0.481 e. The maximum absolute atomic E-state index is 10.6. The number of nitriles is 1. The van der Waals surface area contributed by atoms with Crippen LogP contribution >= 0.6 is 0 Å². The van der Waals surface area contributed by atoms with Gasteiger partial charge in [0.05, 0.1) is 5.56 Å². The molecule has 0 bridgehead atoms. The van der Waals surface area contributed by atoms with E-state index in [4.69, 9.17) is 10.4 Å². The van der Waals surface area contributed by atoms with Crippen molar-refractivity contribution in [2.75, 3.05) is 18.0 Å². The standard InChI is InChI=1S/C15H19N3O2/c1-11-2-4-13(10-16)15(17-11)18-8-6-12(7-9-18)3-5-14(19)20/h2,4,12H,3,5-9H2,1H3,(H,19,20). The van der Waals surface area contributed by atoms with Gasteiger partial charge in [0.25, 0.3) is 0 Å². The molecule has 5 nitrogen and oxygen atoms in total. The molecule has 0 aromatic carbocycles. The summed E-state index contributed by atoms with van der Waals surface area (Å²) in [5, 5.41) is 17.9. The Kier molecular flexibility index (Phi) is 4.57. The van der Waals surface area contributed by atoms with Crippen LogP contribution in [-0.4, -0.2) is 29.1 Å². The van der Waals surface area contributed by atoms with Crippen molar-refractivity contribution >= 4 is 11.8 Å². The predicted octanol–water partition coefficient (Wildman–Crippen LogP) is 2.34. The fraction of sp³-hybridized carbons (Fsp3) is 0.533. The van der Waals surface area contributed by atoms with E-state index in [1.165, 1.54) is 0 Å². The van der Waals surface area contributed by atoms with Gasteiger partial charge in [-0.2, -0.15) is 5.26 Å². The summed E-state index contributed by atoms with van der Waals surface area (Å²) in [5.41, 5.74) is 1.52. The van der Waals surface area contributed by atoms with E-state index in [0.29, 0.717) is 11.5 Å². The van der Waals surface area contributed by atoms with Crippen LogP contribution in [0.15, 0.2) is 12.1 Å². The highest BCUT2D eigenvalue weighted by atomic mass is 16.4. The van der Waals surface area contributed by atoms with E-state index in [9.17, 15) is 4.79 Å². The lowest BCUT2D eigenvalue weighted by Gasteiger charge is -2.33. The van der Waals surface area contributed by atoms with Crippen LogP contribution in [0.4, 0.5) is 5.82 Å². The summed E-state index contributed by atoms with van der Waals surface area (Å²) >= 11 is 0. The second-order valence-electron chi connectivity index (χ2n) is 5.30. The van der Waals surface area contributed by atoms with E-state index in [-0.39, 0.29) is 6.42 Å². The molecule has 2 heterocycles. The zero-order chi connectivity index (χ0) is 14.5. The first-order valence-electron chi connectivity index (χ1n) is 6.94. The van der Waals surface area contributed by atoms with E-state index in [0.717, 1.165) is 43.9 Å². The molecule has 0 amide bonds. The number of carboxylic acids is 1. The van der Waals surface area contributed by atoms with Crippen molar-refractivity contribution < 1.29 is 9.90 Å². The molecule has 1 aromatic rings. The van der Waals surface area contributed by atoms with Gasteiger partial charge in [0.1, 0.15) is 11.9 Å². The Morgan fingerprint density at radius 2 is 2.20 bits per heavy atom. The average molecular weight is 273 g/mol. The van der Waals surface area contributed by atoms with Crippen LogP contribution in [0.25, 0.3) is 0 Å². The first-order chi connectivity index (χ1) is 9.60. The molecule has 0 spiro atoms. The molecule has 2 rings (SSSR count). The van der Waals surface area contributed by atoms with Crippen LogP contribution in [-0.2, 0) is 4.79 Å². The summed E-state index contributed by atoms with van der Waals surface area (Å²) in [6.45, 7) is 3.61. The Hall–Kier alpha value is -2.09. The van der Waals surface area contributed by atoms with Gasteiger partial charge in [0, 0.05) is 25.2 Å². The highest BCUT2D eigenvalue weighted by Gasteiger charge is 2.22. The van der Waals surface area contributed by atoms with Crippen molar-refractivity contribution in [1.82, 2.24) is 4.98 Å². The minimum atomic E-state index is -0.723. The van der Waals surface area contributed by atoms with Gasteiger partial charge in [0.2, 0.25) is 0 Å². The van der Waals surface area contributed by atoms with Gasteiger partial charge in [-0.05, 0) is 44.2 Å². The molecule has 106 valence electrons. The number of pyridine rings is 1. The molecule has 1 N–H and O–H groups in total. The zero-order valence-electron chi connectivity index (χ0n) is 11.7. The molecule has 0 atom stereocenters. The number of nitrogens with zero attached hydrogens (tertiary/aromatic N) is 3. The van der Waals surface area contributed by atoms with Gasteiger partial charge in [-0.1, -0.05) is 0 Å². The van der Waals surface area contributed by atoms with Crippen LogP contribution in [0.1, 0.15) is 36.9 Å². The van der Waals surface area contributed by atoms with Crippen molar-refractivity contribution in [1.29, 1.82) is 5.26 Å². The molecule has 0 aliphatic carbocycles. The lowest BCUT2D eigenvalue weighted by molar-refractivity contribution is -0.137. The summed E-state index contributed by atoms with van der Waals surface area (Å²) in [4.78, 5) is 17.2. The third-order valence-corrected chi connectivity index (χ3v) is 3.82. The highest BCUT2D eigenvalue weighted by molar-refractivity contribution is 5.66. The summed E-state index contributed by atoms with van der Waals surface area (Å²) < 4.78 is 0. The van der Waals surface area contributed by atoms with Crippen LogP contribution < -0.4 is 4.90 Å². The van der Waals surface area contributed by atoms with Gasteiger partial charge < -0.3 is 10.0 Å². The Labute approximate surface area is 118 Å². The number of hydrogen-bond donors (Lipinski definition) is 1. The van der Waals surface area contributed by atoms with E-state index >= 15 is 0 Å². The summed E-state index contributed by atoms with van der Waals surface area (Å²) in [5.74, 6) is 0.515. The Bertz CT molecular complexity index is 528. The fourth-order valence-corrected chi connectivity index (χ4v) is 2.63. The van der Waals surface area contributed by atoms with Gasteiger partial charge in [0.15, 0.2) is 0 Å². The molecule has 1 aliphatic heterocycles. The first kappa shape index (κ1) is 14.3. The molecule has 0 saturated carbocycles. The number of aromatic nitrogens is 1. The number of hydrogen-bond acceptors (Lipinski definition) is 4. The van der Waals surface area contributed by atoms with E-state index in [2.05, 4.69) is 16.0 Å². The van der Waals surface area contributed by atoms with Crippen LogP contribution in [0.2, 0.25) is 0 Å². The second-order valence-corrected chi connectivity index (χ2v) is 5.30. The first-order valence-corrected chi connectivity index (χ1v) is 6.94. The molecular formula is C15H19N3O2. The second kappa shape index (κ2) is 6.38. The molecular weight excluding hydrogens is 254 g/mol. The number of carboxylic acid groups (broad SMARTS) is 1. The van der Waals surface area contributed by atoms with Crippen LogP contribution in [0.5, 0.6) is 0 Å². The Morgan fingerprint density at radius 1 is 1.50 bits per heavy atom. The minimum absolute atomic E-state index is 0.247. The number of carbonyl (C=O) groups is 1. The average Bonchev–Trinajstić information content (AvgIpc) is 2.45. The van der Waals surface area contributed by atoms with Gasteiger partial charge in [-0.3, -0.25) is 4.79 Å². The van der Waals surface area contributed by atoms with Crippen molar-refractivity contribution in [2.24, 2.45) is 5.92 Å². The number of anilines is 1. The lowest BCUT2D eigenvalue weighted by Crippen LogP contribution is -2.35. The Balaban J connectivity index is 1.99. The third kappa shape index (κ3) is 3.47. The normalized spacial score (nSPS) is 15.9. The maximum atomic E-state index is 10.6. The summed E-state index contributed by atoms with van der Waals surface area (Å²) in [6.07, 6.45) is 2.92. The SMILES string of the molecule is Cc1ccc(C#N)c(N2CCC(CCC(=O)O)CC2)n1. The third-order valence-electron chi connectivity index (χ3n) is 3.82. The van der Waals surface area contributed by atoms with Crippen molar-refractivity contribution in [3.63, 3.8) is 0 Å². The molecule has 1 fully saturated rings. The van der Waals surface area contributed by atoms with Crippen molar-refractivity contribution in [3.8, 4) is 6.07 Å². The number of aryl methyl sites for hydroxylation is 1. The van der Waals surface area contributed by atoms with Gasteiger partial charge >= 0.3 is 5.97 Å². The Morgan fingerprint density at radius 3 is 2.80 bits per heavy atom. The molecule has 1 aliphatic rings. The predicted molar refractivity (Wildman–Crippen MR) is 75.5 cm³/mol. The van der Waals surface area contributed by atoms with Crippen molar-refractivity contribution in [2.45, 2.75) is 32.6 Å². The monoisotopic (exact) mass is 273 g/mol. The molecule has 1 aromatic heterocycles. The van der Waals surface area contributed by atoms with Gasteiger partial charge in [-0.15, -0.1) is 0 Å². The fourth-order valence-electron chi connectivity index (χ4n) is 2.63. The highest BCUT2D eigenvalue weighted by Crippen LogP contribution is 2.27. The number of piperidine rings is 1. The quantitative estimate of drug-likeness (QED) is 0.911. The topological polar surface area (TPSA) is 77.2 Å². The van der Waals surface area contributed by atoms with E-state index in [1.807, 2.05) is 19.1 Å². The van der Waals surface area contributed by atoms with Gasteiger partial charge in [-0.25, -0.2) is 4.98 Å². The molecule has 5 heteroatoms. The maximum Gasteiger partial charge on any atom is 0.303 e. The molecule has 0 radical (unpaired) electrons. The van der Waals surface area contributed by atoms with Crippen LogP contribution in [0, 0.1) is 24.2 Å². The smallest absolute Gasteiger partial charge is 0.303 e. The zero-order valence-corrected chi connectivity index (χ0v) is 11.7. The number of aliphatic carboxylic acids is 1. The van der Waals surface area contributed by atoms with Crippen LogP contribution in [0.3, 0.4) is 0 Å². The number of rotatable bonds is 4. The largest absolute Gasteiger partial charge is 0.481 e. The lowest BCUT2D eigenvalue weighted by atomic mass is 9.92.